The van der Waals surface area contributed by atoms with Crippen LogP contribution < -0.4 is 5.32 Å². The predicted octanol–water partition coefficient (Wildman–Crippen LogP) is 2.12. The Labute approximate surface area is 95.3 Å². The molecule has 3 nitrogen and oxygen atoms in total. The van der Waals surface area contributed by atoms with Gasteiger partial charge in [-0.25, -0.2) is 0 Å². The molecule has 0 heterocycles. The number of nitrogens with one attached hydrogen (secondary N) is 1. The van der Waals surface area contributed by atoms with Gasteiger partial charge in [0.1, 0.15) is 0 Å². The zero-order chi connectivity index (χ0) is 13.7. The van der Waals surface area contributed by atoms with Crippen LogP contribution >= 0.6 is 0 Å². The number of carbonyl (C=O) groups excluding carboxylic acids is 1. The first kappa shape index (κ1) is 16.1. The van der Waals surface area contributed by atoms with Gasteiger partial charge in [-0.3, -0.25) is 4.79 Å². The van der Waals surface area contributed by atoms with Crippen molar-refractivity contribution < 1.29 is 31.5 Å². The van der Waals surface area contributed by atoms with Crippen LogP contribution in [0.5, 0.6) is 0 Å². The lowest BCUT2D eigenvalue weighted by Crippen LogP contribution is -2.53. The Morgan fingerprint density at radius 3 is 2.18 bits per heavy atom. The number of hydrogen-bond donors (Lipinski definition) is 1. The quantitative estimate of drug-likeness (QED) is 0.745. The third-order valence-corrected chi connectivity index (χ3v) is 1.98. The van der Waals surface area contributed by atoms with E-state index in [1.165, 1.54) is 7.11 Å². The Morgan fingerprint density at radius 2 is 1.82 bits per heavy atom. The first-order chi connectivity index (χ1) is 7.66. The van der Waals surface area contributed by atoms with Crippen LogP contribution in [0.25, 0.3) is 0 Å². The third-order valence-electron chi connectivity index (χ3n) is 1.98. The summed E-state index contributed by atoms with van der Waals surface area (Å²) < 4.78 is 65.4. The molecular weight excluding hydrogens is 249 g/mol. The molecule has 0 aliphatic rings. The Morgan fingerprint density at radius 1 is 1.29 bits per heavy atom. The van der Waals surface area contributed by atoms with Gasteiger partial charge in [-0.05, 0) is 6.42 Å². The van der Waals surface area contributed by atoms with Gasteiger partial charge < -0.3 is 10.1 Å². The number of carbonyl (C=O) groups is 1. The number of methoxy groups -OCH3 is 1. The average Bonchev–Trinajstić information content (AvgIpc) is 2.16. The highest BCUT2D eigenvalue weighted by Crippen LogP contribution is 2.35. The average molecular weight is 263 g/mol. The van der Waals surface area contributed by atoms with Gasteiger partial charge in [0.2, 0.25) is 0 Å². The second-order valence-corrected chi connectivity index (χ2v) is 3.49. The normalized spacial score (nSPS) is 14.5. The van der Waals surface area contributed by atoms with Crippen LogP contribution in [0.4, 0.5) is 22.0 Å². The highest BCUT2D eigenvalue weighted by molar-refractivity contribution is 5.84. The molecule has 0 saturated carbocycles. The van der Waals surface area contributed by atoms with Crippen molar-refractivity contribution in [1.29, 1.82) is 0 Å². The molecule has 102 valence electrons. The molecule has 1 N–H and O–H groups in total. The summed E-state index contributed by atoms with van der Waals surface area (Å²) in [4.78, 5) is 10.8. The first-order valence-corrected chi connectivity index (χ1v) is 4.91. The van der Waals surface area contributed by atoms with Gasteiger partial charge in [0.05, 0.1) is 12.6 Å². The van der Waals surface area contributed by atoms with Crippen molar-refractivity contribution in [1.82, 2.24) is 5.32 Å². The van der Waals surface area contributed by atoms with Gasteiger partial charge >= 0.3 is 18.0 Å². The lowest BCUT2D eigenvalue weighted by atomic mass is 10.1. The Hall–Kier alpha value is -0.920. The molecule has 0 aromatic rings. The standard InChI is InChI=1S/C9H14F5NO2/c1-3-4-6(5-17-2)15-7(16)8(10,11)9(12,13)14/h6H,3-5H2,1-2H3,(H,15,16). The van der Waals surface area contributed by atoms with E-state index in [9.17, 15) is 26.7 Å². The molecule has 17 heavy (non-hydrogen) atoms. The minimum atomic E-state index is -5.89. The fourth-order valence-electron chi connectivity index (χ4n) is 1.15. The van der Waals surface area contributed by atoms with Crippen molar-refractivity contribution in [3.8, 4) is 0 Å². The smallest absolute Gasteiger partial charge is 0.383 e. The summed E-state index contributed by atoms with van der Waals surface area (Å²) in [6.45, 7) is 1.59. The molecule has 0 bridgehead atoms. The van der Waals surface area contributed by atoms with Crippen molar-refractivity contribution in [2.24, 2.45) is 0 Å². The Balaban J connectivity index is 4.60. The monoisotopic (exact) mass is 263 g/mol. The molecule has 0 fully saturated rings. The lowest BCUT2D eigenvalue weighted by molar-refractivity contribution is -0.270. The summed E-state index contributed by atoms with van der Waals surface area (Å²) in [6, 6.07) is -0.856. The summed E-state index contributed by atoms with van der Waals surface area (Å²) >= 11 is 0. The summed E-state index contributed by atoms with van der Waals surface area (Å²) in [5, 5.41) is 1.63. The van der Waals surface area contributed by atoms with E-state index in [1.54, 1.807) is 12.2 Å². The van der Waals surface area contributed by atoms with Gasteiger partial charge in [0.15, 0.2) is 0 Å². The number of halogens is 5. The van der Waals surface area contributed by atoms with Crippen molar-refractivity contribution in [3.05, 3.63) is 0 Å². The minimum Gasteiger partial charge on any atom is -0.383 e. The summed E-state index contributed by atoms with van der Waals surface area (Å²) in [5.41, 5.74) is 0. The SMILES string of the molecule is CCCC(COC)NC(=O)C(F)(F)C(F)(F)F. The molecule has 1 amide bonds. The second kappa shape index (κ2) is 6.13. The minimum absolute atomic E-state index is 0.118. The van der Waals surface area contributed by atoms with Crippen molar-refractivity contribution >= 4 is 5.91 Å². The van der Waals surface area contributed by atoms with Gasteiger partial charge in [-0.1, -0.05) is 13.3 Å². The predicted molar refractivity (Wildman–Crippen MR) is 49.7 cm³/mol. The highest BCUT2D eigenvalue weighted by atomic mass is 19.4. The first-order valence-electron chi connectivity index (χ1n) is 4.91. The Bertz CT molecular complexity index is 248. The molecule has 1 unspecified atom stereocenters. The van der Waals surface area contributed by atoms with Crippen molar-refractivity contribution in [3.63, 3.8) is 0 Å². The number of ether oxygens (including phenoxy) is 1. The van der Waals surface area contributed by atoms with Crippen LogP contribution in [0.2, 0.25) is 0 Å². The number of hydrogen-bond acceptors (Lipinski definition) is 2. The van der Waals surface area contributed by atoms with Crippen molar-refractivity contribution in [2.75, 3.05) is 13.7 Å². The largest absolute Gasteiger partial charge is 0.463 e. The molecule has 0 saturated heterocycles. The van der Waals surface area contributed by atoms with E-state index in [4.69, 9.17) is 0 Å². The zero-order valence-corrected chi connectivity index (χ0v) is 9.40. The maximum atomic E-state index is 12.6. The van der Waals surface area contributed by atoms with Gasteiger partial charge in [0, 0.05) is 7.11 Å². The van der Waals surface area contributed by atoms with E-state index in [0.29, 0.717) is 6.42 Å². The molecule has 0 spiro atoms. The number of amides is 1. The van der Waals surface area contributed by atoms with E-state index < -0.39 is 24.0 Å². The maximum Gasteiger partial charge on any atom is 0.463 e. The van der Waals surface area contributed by atoms with Gasteiger partial charge in [-0.15, -0.1) is 0 Å². The third kappa shape index (κ3) is 4.45. The maximum absolute atomic E-state index is 12.6. The molecule has 0 aromatic carbocycles. The molecule has 8 heteroatoms. The van der Waals surface area contributed by atoms with Crippen LogP contribution in [0, 0.1) is 0 Å². The van der Waals surface area contributed by atoms with E-state index in [0.717, 1.165) is 0 Å². The molecule has 1 atom stereocenters. The van der Waals surface area contributed by atoms with Crippen LogP contribution in [-0.4, -0.2) is 37.8 Å². The Kier molecular flexibility index (Phi) is 5.80. The summed E-state index contributed by atoms with van der Waals surface area (Å²) in [7, 11) is 1.26. The molecule has 0 aliphatic carbocycles. The molecule has 0 aliphatic heterocycles. The van der Waals surface area contributed by atoms with Gasteiger partial charge in [0.25, 0.3) is 0 Å². The molecule has 0 radical (unpaired) electrons. The van der Waals surface area contributed by atoms with E-state index in [-0.39, 0.29) is 13.0 Å². The fourth-order valence-corrected chi connectivity index (χ4v) is 1.15. The van der Waals surface area contributed by atoms with Gasteiger partial charge in [-0.2, -0.15) is 22.0 Å². The lowest BCUT2D eigenvalue weighted by Gasteiger charge is -2.23. The van der Waals surface area contributed by atoms with Crippen molar-refractivity contribution in [2.45, 2.75) is 37.9 Å². The van der Waals surface area contributed by atoms with E-state index in [2.05, 4.69) is 4.74 Å². The topological polar surface area (TPSA) is 38.3 Å². The second-order valence-electron chi connectivity index (χ2n) is 3.49. The van der Waals surface area contributed by atoms with Crippen LogP contribution in [-0.2, 0) is 9.53 Å². The molecule has 0 aromatic heterocycles. The van der Waals surface area contributed by atoms with Crippen LogP contribution in [0.1, 0.15) is 19.8 Å². The van der Waals surface area contributed by atoms with E-state index >= 15 is 0 Å². The van der Waals surface area contributed by atoms with Crippen LogP contribution in [0.3, 0.4) is 0 Å². The highest BCUT2D eigenvalue weighted by Gasteiger charge is 2.63. The van der Waals surface area contributed by atoms with E-state index in [1.807, 2.05) is 0 Å². The molecule has 0 rings (SSSR count). The number of alkyl halides is 5. The number of rotatable bonds is 6. The van der Waals surface area contributed by atoms with Crippen LogP contribution in [0.15, 0.2) is 0 Å². The zero-order valence-electron chi connectivity index (χ0n) is 9.40. The fraction of sp³-hybridized carbons (Fsp3) is 0.889. The molecular formula is C9H14F5NO2. The summed E-state index contributed by atoms with van der Waals surface area (Å²) in [6.07, 6.45) is -5.11. The summed E-state index contributed by atoms with van der Waals surface area (Å²) in [5.74, 6) is -7.73.